The number of amides is 3. The summed E-state index contributed by atoms with van der Waals surface area (Å²) in [6.45, 7) is 4.45. The largest absolute Gasteiger partial charge is 0.336 e. The van der Waals surface area contributed by atoms with Gasteiger partial charge >= 0.3 is 6.03 Å². The number of nitrogens with zero attached hydrogens (tertiary/aromatic N) is 1. The minimum absolute atomic E-state index is 0.125. The monoisotopic (exact) mass is 360 g/mol. The van der Waals surface area contributed by atoms with Gasteiger partial charge in [-0.25, -0.2) is 14.6 Å². The molecule has 8 heteroatoms. The smallest absolute Gasteiger partial charge is 0.333 e. The molecule has 0 aliphatic carbocycles. The molecule has 2 rings (SSSR count). The predicted molar refractivity (Wildman–Crippen MR) is 95.0 cm³/mol. The van der Waals surface area contributed by atoms with Crippen LogP contribution in [0.2, 0.25) is 0 Å². The molecule has 3 amide bonds. The standard InChI is InChI=1S/C18H21FN4O3/c1-12(2)10-20-18(26)22-21-16(24)15-7-4-8-23(17(15)25)11-13-5-3-6-14(19)9-13/h3-9,12H,10-11H2,1-2H3,(H,21,24)(H2,20,22,26). The zero-order valence-corrected chi connectivity index (χ0v) is 14.6. The Morgan fingerprint density at radius 2 is 1.92 bits per heavy atom. The SMILES string of the molecule is CC(C)CNC(=O)NNC(=O)c1cccn(Cc2cccc(F)c2)c1=O. The third-order valence-corrected chi connectivity index (χ3v) is 3.47. The van der Waals surface area contributed by atoms with Gasteiger partial charge in [-0.2, -0.15) is 0 Å². The molecule has 0 fully saturated rings. The van der Waals surface area contributed by atoms with E-state index in [1.165, 1.54) is 35.0 Å². The molecule has 138 valence electrons. The van der Waals surface area contributed by atoms with Crippen LogP contribution in [0.5, 0.6) is 0 Å². The number of rotatable bonds is 5. The van der Waals surface area contributed by atoms with Gasteiger partial charge in [0.05, 0.1) is 6.54 Å². The molecule has 0 saturated heterocycles. The van der Waals surface area contributed by atoms with Crippen LogP contribution >= 0.6 is 0 Å². The Labute approximate surface area is 150 Å². The van der Waals surface area contributed by atoms with Crippen LogP contribution in [0, 0.1) is 11.7 Å². The molecule has 1 aromatic heterocycles. The highest BCUT2D eigenvalue weighted by Gasteiger charge is 2.13. The first kappa shape index (κ1) is 19.2. The van der Waals surface area contributed by atoms with Crippen molar-refractivity contribution in [1.29, 1.82) is 0 Å². The van der Waals surface area contributed by atoms with Crippen LogP contribution in [0.4, 0.5) is 9.18 Å². The molecule has 0 spiro atoms. The molecule has 26 heavy (non-hydrogen) atoms. The molecule has 0 radical (unpaired) electrons. The highest BCUT2D eigenvalue weighted by atomic mass is 19.1. The summed E-state index contributed by atoms with van der Waals surface area (Å²) in [5.74, 6) is -0.870. The zero-order chi connectivity index (χ0) is 19.1. The molecule has 0 bridgehead atoms. The summed E-state index contributed by atoms with van der Waals surface area (Å²) in [6, 6.07) is 8.19. The average Bonchev–Trinajstić information content (AvgIpc) is 2.59. The van der Waals surface area contributed by atoms with E-state index in [4.69, 9.17) is 0 Å². The molecular weight excluding hydrogens is 339 g/mol. The lowest BCUT2D eigenvalue weighted by Gasteiger charge is -2.11. The first-order valence-electron chi connectivity index (χ1n) is 8.15. The third kappa shape index (κ3) is 5.44. The van der Waals surface area contributed by atoms with Crippen molar-refractivity contribution in [1.82, 2.24) is 20.7 Å². The Morgan fingerprint density at radius 1 is 1.15 bits per heavy atom. The van der Waals surface area contributed by atoms with E-state index in [1.807, 2.05) is 13.8 Å². The van der Waals surface area contributed by atoms with E-state index in [0.717, 1.165) is 0 Å². The van der Waals surface area contributed by atoms with E-state index in [0.29, 0.717) is 12.1 Å². The predicted octanol–water partition coefficient (Wildman–Crippen LogP) is 1.64. The number of hydrazine groups is 1. The second-order valence-electron chi connectivity index (χ2n) is 6.17. The van der Waals surface area contributed by atoms with Crippen LogP contribution < -0.4 is 21.7 Å². The summed E-state index contributed by atoms with van der Waals surface area (Å²) in [7, 11) is 0. The minimum atomic E-state index is -0.733. The topological polar surface area (TPSA) is 92.2 Å². The molecule has 7 nitrogen and oxygen atoms in total. The third-order valence-electron chi connectivity index (χ3n) is 3.47. The lowest BCUT2D eigenvalue weighted by Crippen LogP contribution is -2.48. The number of pyridine rings is 1. The highest BCUT2D eigenvalue weighted by Crippen LogP contribution is 2.05. The van der Waals surface area contributed by atoms with Crippen LogP contribution in [0.1, 0.15) is 29.8 Å². The number of halogens is 1. The number of benzene rings is 1. The Hall–Kier alpha value is -3.16. The molecule has 1 heterocycles. The maximum absolute atomic E-state index is 13.3. The van der Waals surface area contributed by atoms with Crippen LogP contribution in [0.3, 0.4) is 0 Å². The van der Waals surface area contributed by atoms with Gasteiger partial charge in [0.1, 0.15) is 11.4 Å². The number of urea groups is 1. The molecule has 2 aromatic rings. The summed E-state index contributed by atoms with van der Waals surface area (Å²) in [6.07, 6.45) is 1.51. The fraction of sp³-hybridized carbons (Fsp3) is 0.278. The Balaban J connectivity index is 2.04. The van der Waals surface area contributed by atoms with Crippen molar-refractivity contribution in [2.24, 2.45) is 5.92 Å². The van der Waals surface area contributed by atoms with E-state index in [9.17, 15) is 18.8 Å². The van der Waals surface area contributed by atoms with Crippen molar-refractivity contribution in [2.45, 2.75) is 20.4 Å². The van der Waals surface area contributed by atoms with Crippen molar-refractivity contribution >= 4 is 11.9 Å². The molecule has 1 aromatic carbocycles. The van der Waals surface area contributed by atoms with E-state index in [2.05, 4.69) is 16.2 Å². The van der Waals surface area contributed by atoms with Crippen molar-refractivity contribution in [3.8, 4) is 0 Å². The number of aromatic nitrogens is 1. The quantitative estimate of drug-likeness (QED) is 0.708. The highest BCUT2D eigenvalue weighted by molar-refractivity contribution is 5.94. The summed E-state index contributed by atoms with van der Waals surface area (Å²) in [5, 5.41) is 2.57. The fourth-order valence-corrected chi connectivity index (χ4v) is 2.19. The van der Waals surface area contributed by atoms with Gasteiger partial charge in [-0.3, -0.25) is 15.0 Å². The van der Waals surface area contributed by atoms with E-state index in [1.54, 1.807) is 12.1 Å². The van der Waals surface area contributed by atoms with Gasteiger partial charge in [0.25, 0.3) is 11.5 Å². The second kappa shape index (κ2) is 8.80. The summed E-state index contributed by atoms with van der Waals surface area (Å²) >= 11 is 0. The normalized spacial score (nSPS) is 10.5. The van der Waals surface area contributed by atoms with Crippen LogP contribution in [0.15, 0.2) is 47.4 Å². The van der Waals surface area contributed by atoms with Crippen molar-refractivity contribution in [3.05, 3.63) is 69.9 Å². The Bertz CT molecular complexity index is 848. The molecule has 3 N–H and O–H groups in total. The van der Waals surface area contributed by atoms with Crippen molar-refractivity contribution in [2.75, 3.05) is 6.54 Å². The maximum atomic E-state index is 13.3. The zero-order valence-electron chi connectivity index (χ0n) is 14.6. The lowest BCUT2D eigenvalue weighted by atomic mass is 10.2. The maximum Gasteiger partial charge on any atom is 0.333 e. The summed E-state index contributed by atoms with van der Waals surface area (Å²) in [4.78, 5) is 36.1. The fourth-order valence-electron chi connectivity index (χ4n) is 2.19. The first-order valence-corrected chi connectivity index (χ1v) is 8.15. The van der Waals surface area contributed by atoms with Crippen molar-refractivity contribution in [3.63, 3.8) is 0 Å². The average molecular weight is 360 g/mol. The van der Waals surface area contributed by atoms with Crippen LogP contribution in [-0.2, 0) is 6.54 Å². The van der Waals surface area contributed by atoms with Crippen molar-refractivity contribution < 1.29 is 14.0 Å². The minimum Gasteiger partial charge on any atom is -0.336 e. The van der Waals surface area contributed by atoms with Gasteiger partial charge in [-0.15, -0.1) is 0 Å². The van der Waals surface area contributed by atoms with E-state index >= 15 is 0 Å². The van der Waals surface area contributed by atoms with Gasteiger partial charge in [0.2, 0.25) is 0 Å². The molecule has 0 saturated carbocycles. The molecule has 0 aliphatic rings. The summed E-state index contributed by atoms with van der Waals surface area (Å²) < 4.78 is 14.6. The van der Waals surface area contributed by atoms with Gasteiger partial charge < -0.3 is 9.88 Å². The van der Waals surface area contributed by atoms with Crippen LogP contribution in [-0.4, -0.2) is 23.1 Å². The van der Waals surface area contributed by atoms with Gasteiger partial charge in [0, 0.05) is 12.7 Å². The molecule has 0 aliphatic heterocycles. The van der Waals surface area contributed by atoms with Gasteiger partial charge in [-0.1, -0.05) is 26.0 Å². The number of carbonyl (C=O) groups excluding carboxylic acids is 2. The number of carbonyl (C=O) groups is 2. The molecular formula is C18H21FN4O3. The van der Waals surface area contributed by atoms with E-state index in [-0.39, 0.29) is 18.0 Å². The first-order chi connectivity index (χ1) is 12.4. The Kier molecular flexibility index (Phi) is 6.48. The van der Waals surface area contributed by atoms with Gasteiger partial charge in [0.15, 0.2) is 0 Å². The second-order valence-corrected chi connectivity index (χ2v) is 6.17. The Morgan fingerprint density at radius 3 is 2.62 bits per heavy atom. The summed E-state index contributed by atoms with van der Waals surface area (Å²) in [5.41, 5.74) is 4.30. The number of hydrogen-bond donors (Lipinski definition) is 3. The number of hydrogen-bond acceptors (Lipinski definition) is 3. The van der Waals surface area contributed by atoms with E-state index < -0.39 is 23.3 Å². The van der Waals surface area contributed by atoms with Crippen LogP contribution in [0.25, 0.3) is 0 Å². The number of nitrogens with one attached hydrogen (secondary N) is 3. The molecule has 0 unspecified atom stereocenters. The molecule has 0 atom stereocenters. The lowest BCUT2D eigenvalue weighted by molar-refractivity contribution is 0.0934. The van der Waals surface area contributed by atoms with Gasteiger partial charge in [-0.05, 0) is 35.7 Å².